The molecule has 0 aliphatic heterocycles. The number of rotatable bonds is 1. The smallest absolute Gasteiger partial charge is 0.0361 e. The van der Waals surface area contributed by atoms with Gasteiger partial charge in [0.15, 0.2) is 0 Å². The van der Waals surface area contributed by atoms with Crippen LogP contribution in [0.5, 0.6) is 0 Å². The molecule has 0 fully saturated rings. The van der Waals surface area contributed by atoms with Crippen LogP contribution in [0.1, 0.15) is 5.56 Å². The molecule has 0 spiro atoms. The van der Waals surface area contributed by atoms with Crippen LogP contribution in [0.3, 0.4) is 0 Å². The van der Waals surface area contributed by atoms with E-state index in [0.717, 1.165) is 5.56 Å². The van der Waals surface area contributed by atoms with Gasteiger partial charge in [-0.1, -0.05) is 0 Å². The van der Waals surface area contributed by atoms with Crippen LogP contribution < -0.4 is 17.2 Å². The number of benzene rings is 1. The van der Waals surface area contributed by atoms with Crippen molar-refractivity contribution in [2.24, 2.45) is 5.73 Å². The zero-order valence-corrected chi connectivity index (χ0v) is 6.90. The third kappa shape index (κ3) is 2.29. The first kappa shape index (κ1) is 10.1. The van der Waals surface area contributed by atoms with Gasteiger partial charge in [-0.2, -0.15) is 0 Å². The molecular formula is C7H12ClN3. The molecule has 0 unspecified atom stereocenters. The van der Waals surface area contributed by atoms with Crippen molar-refractivity contribution in [3.63, 3.8) is 0 Å². The summed E-state index contributed by atoms with van der Waals surface area (Å²) >= 11 is 0. The molecule has 0 saturated heterocycles. The summed E-state index contributed by atoms with van der Waals surface area (Å²) in [4.78, 5) is 0. The summed E-state index contributed by atoms with van der Waals surface area (Å²) in [6, 6.07) is 5.31. The predicted molar refractivity (Wildman–Crippen MR) is 50.4 cm³/mol. The molecule has 0 aliphatic carbocycles. The standard InChI is InChI=1S/C7H11N3.ClH/c8-4-5-3-6(9)1-2-7(5)10;/h1-3H,4,8-10H2;1H. The summed E-state index contributed by atoms with van der Waals surface area (Å²) in [7, 11) is 0. The topological polar surface area (TPSA) is 78.1 Å². The number of nitrogens with two attached hydrogens (primary N) is 3. The molecule has 4 heteroatoms. The molecule has 0 atom stereocenters. The van der Waals surface area contributed by atoms with E-state index in [1.54, 1.807) is 18.2 Å². The SMILES string of the molecule is Cl.NCc1cc(N)ccc1N. The van der Waals surface area contributed by atoms with E-state index in [4.69, 9.17) is 17.2 Å². The zero-order valence-electron chi connectivity index (χ0n) is 6.08. The quantitative estimate of drug-likeness (QED) is 0.548. The van der Waals surface area contributed by atoms with Gasteiger partial charge in [0.2, 0.25) is 0 Å². The summed E-state index contributed by atoms with van der Waals surface area (Å²) < 4.78 is 0. The Morgan fingerprint density at radius 3 is 2.27 bits per heavy atom. The lowest BCUT2D eigenvalue weighted by Crippen LogP contribution is -2.02. The van der Waals surface area contributed by atoms with Gasteiger partial charge in [-0.3, -0.25) is 0 Å². The number of halogens is 1. The first-order valence-electron chi connectivity index (χ1n) is 3.08. The average molecular weight is 174 g/mol. The van der Waals surface area contributed by atoms with Crippen molar-refractivity contribution in [1.29, 1.82) is 0 Å². The first-order valence-corrected chi connectivity index (χ1v) is 3.08. The molecule has 0 heterocycles. The summed E-state index contributed by atoms with van der Waals surface area (Å²) in [5.41, 5.74) is 18.8. The highest BCUT2D eigenvalue weighted by Gasteiger charge is 1.94. The van der Waals surface area contributed by atoms with Gasteiger partial charge in [0.1, 0.15) is 0 Å². The van der Waals surface area contributed by atoms with E-state index < -0.39 is 0 Å². The Morgan fingerprint density at radius 2 is 1.82 bits per heavy atom. The maximum absolute atomic E-state index is 5.56. The van der Waals surface area contributed by atoms with Crippen molar-refractivity contribution in [2.75, 3.05) is 11.5 Å². The van der Waals surface area contributed by atoms with Crippen LogP contribution in [0.2, 0.25) is 0 Å². The molecule has 0 aliphatic rings. The minimum absolute atomic E-state index is 0. The Bertz CT molecular complexity index is 237. The van der Waals surface area contributed by atoms with E-state index >= 15 is 0 Å². The molecule has 0 bridgehead atoms. The average Bonchev–Trinajstić information content (AvgIpc) is 1.94. The minimum atomic E-state index is 0. The fraction of sp³-hybridized carbons (Fsp3) is 0.143. The number of nitrogen functional groups attached to an aromatic ring is 2. The summed E-state index contributed by atoms with van der Waals surface area (Å²) in [6.07, 6.45) is 0. The van der Waals surface area contributed by atoms with E-state index in [9.17, 15) is 0 Å². The number of anilines is 2. The second-order valence-corrected chi connectivity index (χ2v) is 2.16. The van der Waals surface area contributed by atoms with E-state index in [-0.39, 0.29) is 12.4 Å². The Balaban J connectivity index is 0.000001000. The van der Waals surface area contributed by atoms with Crippen molar-refractivity contribution < 1.29 is 0 Å². The highest BCUT2D eigenvalue weighted by molar-refractivity contribution is 5.85. The lowest BCUT2D eigenvalue weighted by Gasteiger charge is -2.02. The Morgan fingerprint density at radius 1 is 1.18 bits per heavy atom. The zero-order chi connectivity index (χ0) is 7.56. The van der Waals surface area contributed by atoms with Crippen molar-refractivity contribution >= 4 is 23.8 Å². The van der Waals surface area contributed by atoms with Crippen LogP contribution >= 0.6 is 12.4 Å². The molecule has 0 aromatic heterocycles. The van der Waals surface area contributed by atoms with Crippen LogP contribution in [-0.4, -0.2) is 0 Å². The largest absolute Gasteiger partial charge is 0.399 e. The molecule has 3 nitrogen and oxygen atoms in total. The monoisotopic (exact) mass is 173 g/mol. The van der Waals surface area contributed by atoms with Gasteiger partial charge in [0.05, 0.1) is 0 Å². The van der Waals surface area contributed by atoms with E-state index in [0.29, 0.717) is 17.9 Å². The molecule has 1 aromatic carbocycles. The van der Waals surface area contributed by atoms with Gasteiger partial charge < -0.3 is 17.2 Å². The molecule has 6 N–H and O–H groups in total. The third-order valence-electron chi connectivity index (χ3n) is 1.39. The van der Waals surface area contributed by atoms with Gasteiger partial charge in [0, 0.05) is 17.9 Å². The maximum Gasteiger partial charge on any atom is 0.0361 e. The maximum atomic E-state index is 5.56. The highest BCUT2D eigenvalue weighted by atomic mass is 35.5. The van der Waals surface area contributed by atoms with Crippen LogP contribution in [0, 0.1) is 0 Å². The van der Waals surface area contributed by atoms with E-state index in [2.05, 4.69) is 0 Å². The molecule has 1 aromatic rings. The predicted octanol–water partition coefficient (Wildman–Crippen LogP) is 0.732. The normalized spacial score (nSPS) is 8.82. The van der Waals surface area contributed by atoms with Crippen molar-refractivity contribution in [3.8, 4) is 0 Å². The number of hydrogen-bond donors (Lipinski definition) is 3. The van der Waals surface area contributed by atoms with E-state index in [1.807, 2.05) is 0 Å². The van der Waals surface area contributed by atoms with Crippen LogP contribution in [0.15, 0.2) is 18.2 Å². The fourth-order valence-corrected chi connectivity index (χ4v) is 0.802. The van der Waals surface area contributed by atoms with Crippen molar-refractivity contribution in [1.82, 2.24) is 0 Å². The molecule has 0 saturated carbocycles. The molecule has 11 heavy (non-hydrogen) atoms. The van der Waals surface area contributed by atoms with Crippen molar-refractivity contribution in [3.05, 3.63) is 23.8 Å². The Hall–Kier alpha value is -0.930. The van der Waals surface area contributed by atoms with Crippen LogP contribution in [-0.2, 0) is 6.54 Å². The molecule has 0 amide bonds. The van der Waals surface area contributed by atoms with Gasteiger partial charge in [0.25, 0.3) is 0 Å². The van der Waals surface area contributed by atoms with Gasteiger partial charge in [-0.15, -0.1) is 12.4 Å². The molecular weight excluding hydrogens is 162 g/mol. The van der Waals surface area contributed by atoms with Crippen LogP contribution in [0.25, 0.3) is 0 Å². The summed E-state index contributed by atoms with van der Waals surface area (Å²) in [5, 5.41) is 0. The fourth-order valence-electron chi connectivity index (χ4n) is 0.802. The van der Waals surface area contributed by atoms with Gasteiger partial charge >= 0.3 is 0 Å². The molecule has 1 rings (SSSR count). The molecule has 62 valence electrons. The second-order valence-electron chi connectivity index (χ2n) is 2.16. The third-order valence-corrected chi connectivity index (χ3v) is 1.39. The molecule has 0 radical (unpaired) electrons. The van der Waals surface area contributed by atoms with Gasteiger partial charge in [-0.05, 0) is 23.8 Å². The van der Waals surface area contributed by atoms with Crippen molar-refractivity contribution in [2.45, 2.75) is 6.54 Å². The second kappa shape index (κ2) is 4.05. The van der Waals surface area contributed by atoms with Gasteiger partial charge in [-0.25, -0.2) is 0 Å². The summed E-state index contributed by atoms with van der Waals surface area (Å²) in [6.45, 7) is 0.441. The lowest BCUT2D eigenvalue weighted by atomic mass is 10.1. The highest BCUT2D eigenvalue weighted by Crippen LogP contribution is 2.13. The van der Waals surface area contributed by atoms with Crippen LogP contribution in [0.4, 0.5) is 11.4 Å². The Labute approximate surface area is 72.0 Å². The first-order chi connectivity index (χ1) is 4.74. The number of hydrogen-bond acceptors (Lipinski definition) is 3. The van der Waals surface area contributed by atoms with E-state index in [1.165, 1.54) is 0 Å². The summed E-state index contributed by atoms with van der Waals surface area (Å²) in [5.74, 6) is 0. The lowest BCUT2D eigenvalue weighted by molar-refractivity contribution is 1.08. The minimum Gasteiger partial charge on any atom is -0.399 e. The Kier molecular flexibility index (Phi) is 3.71.